The number of hydrogen-bond acceptors (Lipinski definition) is 3. The van der Waals surface area contributed by atoms with E-state index in [9.17, 15) is 9.59 Å². The Kier molecular flexibility index (Phi) is 7.38. The number of benzene rings is 2. The molecule has 32 heavy (non-hydrogen) atoms. The molecule has 6 heteroatoms. The SMILES string of the molecule is O=C(c1ccccc1Cl)c1nccn1CCC1CCN(C(=O)CCc2ccccc2)CC1. The van der Waals surface area contributed by atoms with Crippen molar-refractivity contribution in [3.63, 3.8) is 0 Å². The predicted molar refractivity (Wildman–Crippen MR) is 126 cm³/mol. The Labute approximate surface area is 194 Å². The molecule has 0 N–H and O–H groups in total. The molecule has 0 saturated carbocycles. The van der Waals surface area contributed by atoms with Crippen molar-refractivity contribution >= 4 is 23.3 Å². The molecule has 1 aliphatic rings. The zero-order valence-corrected chi connectivity index (χ0v) is 18.9. The van der Waals surface area contributed by atoms with E-state index in [1.165, 1.54) is 5.56 Å². The van der Waals surface area contributed by atoms with Crippen LogP contribution in [0.5, 0.6) is 0 Å². The van der Waals surface area contributed by atoms with Gasteiger partial charge in [0, 0.05) is 44.0 Å². The van der Waals surface area contributed by atoms with Gasteiger partial charge in [-0.3, -0.25) is 9.59 Å². The monoisotopic (exact) mass is 449 g/mol. The number of carbonyl (C=O) groups is 2. The number of carbonyl (C=O) groups excluding carboxylic acids is 2. The van der Waals surface area contributed by atoms with Crippen LogP contribution in [0.1, 0.15) is 47.4 Å². The van der Waals surface area contributed by atoms with Gasteiger partial charge in [-0.2, -0.15) is 0 Å². The standard InChI is InChI=1S/C26H28ClN3O2/c27-23-9-5-4-8-22(23)25(32)26-28-15-19-30(26)18-14-21-12-16-29(17-13-21)24(31)11-10-20-6-2-1-3-7-20/h1-9,15,19,21H,10-14,16-18H2. The predicted octanol–water partition coefficient (Wildman–Crippen LogP) is 5.03. The number of amides is 1. The molecule has 2 heterocycles. The fourth-order valence-electron chi connectivity index (χ4n) is 4.31. The van der Waals surface area contributed by atoms with Crippen molar-refractivity contribution in [1.29, 1.82) is 0 Å². The minimum Gasteiger partial charge on any atom is -0.343 e. The zero-order chi connectivity index (χ0) is 22.3. The first kappa shape index (κ1) is 22.3. The number of rotatable bonds is 8. The average molecular weight is 450 g/mol. The van der Waals surface area contributed by atoms with Crippen molar-refractivity contribution in [3.8, 4) is 0 Å². The van der Waals surface area contributed by atoms with Crippen molar-refractivity contribution in [2.75, 3.05) is 13.1 Å². The molecule has 0 atom stereocenters. The molecular weight excluding hydrogens is 422 g/mol. The molecule has 1 amide bonds. The number of aryl methyl sites for hydroxylation is 2. The number of likely N-dealkylation sites (tertiary alicyclic amines) is 1. The second-order valence-electron chi connectivity index (χ2n) is 8.35. The van der Waals surface area contributed by atoms with Crippen LogP contribution < -0.4 is 0 Å². The number of piperidine rings is 1. The molecule has 0 radical (unpaired) electrons. The maximum atomic E-state index is 12.9. The van der Waals surface area contributed by atoms with Crippen LogP contribution in [0.3, 0.4) is 0 Å². The van der Waals surface area contributed by atoms with Crippen LogP contribution in [0, 0.1) is 5.92 Å². The Morgan fingerprint density at radius 3 is 2.47 bits per heavy atom. The van der Waals surface area contributed by atoms with Crippen LogP contribution in [-0.2, 0) is 17.8 Å². The smallest absolute Gasteiger partial charge is 0.229 e. The van der Waals surface area contributed by atoms with E-state index in [2.05, 4.69) is 17.1 Å². The quantitative estimate of drug-likeness (QED) is 0.453. The molecule has 166 valence electrons. The van der Waals surface area contributed by atoms with E-state index in [1.54, 1.807) is 24.4 Å². The van der Waals surface area contributed by atoms with Gasteiger partial charge in [-0.15, -0.1) is 0 Å². The van der Waals surface area contributed by atoms with E-state index in [0.717, 1.165) is 45.3 Å². The zero-order valence-electron chi connectivity index (χ0n) is 18.1. The molecule has 1 aromatic heterocycles. The van der Waals surface area contributed by atoms with E-state index in [-0.39, 0.29) is 11.7 Å². The second kappa shape index (κ2) is 10.6. The van der Waals surface area contributed by atoms with Gasteiger partial charge in [0.15, 0.2) is 5.82 Å². The molecule has 5 nitrogen and oxygen atoms in total. The second-order valence-corrected chi connectivity index (χ2v) is 8.76. The number of aromatic nitrogens is 2. The Bertz CT molecular complexity index is 1060. The van der Waals surface area contributed by atoms with Crippen molar-refractivity contribution in [1.82, 2.24) is 14.5 Å². The molecule has 1 fully saturated rings. The Morgan fingerprint density at radius 1 is 1.00 bits per heavy atom. The molecule has 4 rings (SSSR count). The third kappa shape index (κ3) is 5.46. The summed E-state index contributed by atoms with van der Waals surface area (Å²) < 4.78 is 1.92. The number of nitrogens with zero attached hydrogens (tertiary/aromatic N) is 3. The van der Waals surface area contributed by atoms with Crippen LogP contribution >= 0.6 is 11.6 Å². The normalized spacial score (nSPS) is 14.5. The summed E-state index contributed by atoms with van der Waals surface area (Å²) in [5.74, 6) is 1.06. The summed E-state index contributed by atoms with van der Waals surface area (Å²) in [5.41, 5.74) is 1.68. The van der Waals surface area contributed by atoms with Crippen molar-refractivity contribution in [2.45, 2.75) is 38.6 Å². The van der Waals surface area contributed by atoms with Crippen LogP contribution in [-0.4, -0.2) is 39.2 Å². The van der Waals surface area contributed by atoms with E-state index in [1.807, 2.05) is 39.9 Å². The highest BCUT2D eigenvalue weighted by Crippen LogP contribution is 2.23. The molecule has 2 aromatic carbocycles. The largest absolute Gasteiger partial charge is 0.343 e. The van der Waals surface area contributed by atoms with Crippen molar-refractivity contribution < 1.29 is 9.59 Å². The average Bonchev–Trinajstić information content (AvgIpc) is 3.31. The highest BCUT2D eigenvalue weighted by Gasteiger charge is 2.23. The van der Waals surface area contributed by atoms with Crippen LogP contribution in [0.2, 0.25) is 5.02 Å². The van der Waals surface area contributed by atoms with E-state index in [0.29, 0.717) is 28.7 Å². The van der Waals surface area contributed by atoms with Gasteiger partial charge in [0.25, 0.3) is 0 Å². The Balaban J connectivity index is 1.25. The van der Waals surface area contributed by atoms with Gasteiger partial charge in [0.05, 0.1) is 5.02 Å². The summed E-state index contributed by atoms with van der Waals surface area (Å²) in [5, 5.41) is 0.441. The van der Waals surface area contributed by atoms with E-state index >= 15 is 0 Å². The number of hydrogen-bond donors (Lipinski definition) is 0. The first-order valence-electron chi connectivity index (χ1n) is 11.2. The topological polar surface area (TPSA) is 55.2 Å². The maximum Gasteiger partial charge on any atom is 0.229 e. The Hall–Kier alpha value is -2.92. The summed E-state index contributed by atoms with van der Waals surface area (Å²) >= 11 is 6.19. The van der Waals surface area contributed by atoms with Gasteiger partial charge >= 0.3 is 0 Å². The van der Waals surface area contributed by atoms with Crippen molar-refractivity contribution in [2.24, 2.45) is 5.92 Å². The minimum atomic E-state index is -0.153. The van der Waals surface area contributed by atoms with Gasteiger partial charge in [0.2, 0.25) is 11.7 Å². The molecule has 0 spiro atoms. The highest BCUT2D eigenvalue weighted by atomic mass is 35.5. The lowest BCUT2D eigenvalue weighted by atomic mass is 9.93. The summed E-state index contributed by atoms with van der Waals surface area (Å²) in [6.07, 6.45) is 7.84. The van der Waals surface area contributed by atoms with Gasteiger partial charge < -0.3 is 9.47 Å². The summed E-state index contributed by atoms with van der Waals surface area (Å²) in [6.45, 7) is 2.36. The van der Waals surface area contributed by atoms with Crippen LogP contribution in [0.4, 0.5) is 0 Å². The van der Waals surface area contributed by atoms with Gasteiger partial charge in [-0.05, 0) is 49.3 Å². The lowest BCUT2D eigenvalue weighted by Gasteiger charge is -2.32. The van der Waals surface area contributed by atoms with Crippen molar-refractivity contribution in [3.05, 3.63) is 89.0 Å². The lowest BCUT2D eigenvalue weighted by Crippen LogP contribution is -2.38. The lowest BCUT2D eigenvalue weighted by molar-refractivity contribution is -0.132. The van der Waals surface area contributed by atoms with E-state index < -0.39 is 0 Å². The highest BCUT2D eigenvalue weighted by molar-refractivity contribution is 6.34. The number of halogens is 1. The van der Waals surface area contributed by atoms with Gasteiger partial charge in [0.1, 0.15) is 0 Å². The van der Waals surface area contributed by atoms with E-state index in [4.69, 9.17) is 11.6 Å². The third-order valence-corrected chi connectivity index (χ3v) is 6.58. The molecule has 0 unspecified atom stereocenters. The summed E-state index contributed by atoms with van der Waals surface area (Å²) in [4.78, 5) is 31.7. The fourth-order valence-corrected chi connectivity index (χ4v) is 4.53. The molecule has 1 aliphatic heterocycles. The fraction of sp³-hybridized carbons (Fsp3) is 0.346. The number of imidazole rings is 1. The summed E-state index contributed by atoms with van der Waals surface area (Å²) in [7, 11) is 0. The molecular formula is C26H28ClN3O2. The number of ketones is 1. The third-order valence-electron chi connectivity index (χ3n) is 6.25. The van der Waals surface area contributed by atoms with Gasteiger partial charge in [-0.25, -0.2) is 4.98 Å². The molecule has 3 aromatic rings. The first-order valence-corrected chi connectivity index (χ1v) is 11.6. The van der Waals surface area contributed by atoms with Crippen LogP contribution in [0.15, 0.2) is 67.0 Å². The molecule has 0 aliphatic carbocycles. The Morgan fingerprint density at radius 2 is 1.72 bits per heavy atom. The molecule has 1 saturated heterocycles. The molecule has 0 bridgehead atoms. The first-order chi connectivity index (χ1) is 15.6. The minimum absolute atomic E-state index is 0.153. The van der Waals surface area contributed by atoms with Crippen LogP contribution in [0.25, 0.3) is 0 Å². The summed E-state index contributed by atoms with van der Waals surface area (Å²) in [6, 6.07) is 17.2. The van der Waals surface area contributed by atoms with Gasteiger partial charge in [-0.1, -0.05) is 54.1 Å². The maximum absolute atomic E-state index is 12.9.